The van der Waals surface area contributed by atoms with Gasteiger partial charge in [-0.25, -0.2) is 0 Å². The van der Waals surface area contributed by atoms with Crippen molar-refractivity contribution in [1.82, 2.24) is 5.16 Å². The van der Waals surface area contributed by atoms with Crippen LogP contribution in [-0.2, 0) is 4.79 Å². The van der Waals surface area contributed by atoms with Crippen molar-refractivity contribution in [1.29, 1.82) is 0 Å². The van der Waals surface area contributed by atoms with Crippen molar-refractivity contribution in [2.24, 2.45) is 0 Å². The maximum atomic E-state index is 12.2. The Morgan fingerprint density at radius 3 is 2.73 bits per heavy atom. The van der Waals surface area contributed by atoms with Crippen LogP contribution in [0.1, 0.15) is 30.8 Å². The highest BCUT2D eigenvalue weighted by Crippen LogP contribution is 2.24. The van der Waals surface area contributed by atoms with Gasteiger partial charge in [0.25, 0.3) is 0 Å². The van der Waals surface area contributed by atoms with E-state index in [-0.39, 0.29) is 11.2 Å². The Balaban J connectivity index is 1.87. The third-order valence-corrected chi connectivity index (χ3v) is 4.64. The summed E-state index contributed by atoms with van der Waals surface area (Å²) in [5.41, 5.74) is 0.859. The largest absolute Gasteiger partial charge is 0.388 e. The van der Waals surface area contributed by atoms with E-state index in [1.54, 1.807) is 13.0 Å². The maximum absolute atomic E-state index is 12.2. The molecule has 1 heterocycles. The minimum absolute atomic E-state index is 0.124. The minimum Gasteiger partial charge on any atom is -0.388 e. The molecule has 0 radical (unpaired) electrons. The van der Waals surface area contributed by atoms with Crippen molar-refractivity contribution in [3.8, 4) is 0 Å². The number of anilines is 1. The van der Waals surface area contributed by atoms with E-state index in [9.17, 15) is 9.90 Å². The van der Waals surface area contributed by atoms with Gasteiger partial charge in [-0.05, 0) is 18.9 Å². The number of aliphatic hydroxyl groups excluding tert-OH is 1. The van der Waals surface area contributed by atoms with Crippen LogP contribution in [0.4, 0.5) is 5.82 Å². The highest BCUT2D eigenvalue weighted by Gasteiger charge is 2.20. The zero-order chi connectivity index (χ0) is 15.9. The van der Waals surface area contributed by atoms with Gasteiger partial charge in [0.05, 0.1) is 11.4 Å². The van der Waals surface area contributed by atoms with E-state index < -0.39 is 6.10 Å². The van der Waals surface area contributed by atoms with Gasteiger partial charge in [0.15, 0.2) is 5.82 Å². The molecule has 2 rings (SSSR count). The summed E-state index contributed by atoms with van der Waals surface area (Å²) in [7, 11) is 0. The molecule has 6 heteroatoms. The number of hydrogen-bond acceptors (Lipinski definition) is 5. The molecule has 2 atom stereocenters. The quantitative estimate of drug-likeness (QED) is 0.819. The summed E-state index contributed by atoms with van der Waals surface area (Å²) in [6.45, 7) is 3.71. The van der Waals surface area contributed by atoms with E-state index >= 15 is 0 Å². The molecule has 0 fully saturated rings. The SMILES string of the molecule is CC[C@H](SC[C@H](O)c1ccccc1)C(=O)Nc1cc(C)on1. The van der Waals surface area contributed by atoms with Crippen LogP contribution in [0.15, 0.2) is 40.9 Å². The van der Waals surface area contributed by atoms with Crippen molar-refractivity contribution in [2.45, 2.75) is 31.6 Å². The van der Waals surface area contributed by atoms with E-state index in [0.29, 0.717) is 23.8 Å². The fraction of sp³-hybridized carbons (Fsp3) is 0.375. The molecule has 118 valence electrons. The van der Waals surface area contributed by atoms with Crippen LogP contribution >= 0.6 is 11.8 Å². The lowest BCUT2D eigenvalue weighted by atomic mass is 10.1. The number of rotatable bonds is 7. The molecule has 0 spiro atoms. The summed E-state index contributed by atoms with van der Waals surface area (Å²) >= 11 is 1.44. The fourth-order valence-electron chi connectivity index (χ4n) is 1.99. The Hall–Kier alpha value is -1.79. The van der Waals surface area contributed by atoms with Gasteiger partial charge >= 0.3 is 0 Å². The van der Waals surface area contributed by atoms with E-state index in [0.717, 1.165) is 5.56 Å². The Labute approximate surface area is 134 Å². The number of aliphatic hydroxyl groups is 1. The number of carbonyl (C=O) groups excluding carboxylic acids is 1. The number of aromatic nitrogens is 1. The molecular formula is C16H20N2O3S. The van der Waals surface area contributed by atoms with E-state index in [4.69, 9.17) is 4.52 Å². The first kappa shape index (κ1) is 16.6. The molecular weight excluding hydrogens is 300 g/mol. The van der Waals surface area contributed by atoms with Gasteiger partial charge in [0.1, 0.15) is 5.76 Å². The van der Waals surface area contributed by atoms with Crippen LogP contribution < -0.4 is 5.32 Å². The second-order valence-corrected chi connectivity index (χ2v) is 6.20. The summed E-state index contributed by atoms with van der Waals surface area (Å²) in [5, 5.41) is 16.4. The van der Waals surface area contributed by atoms with E-state index in [2.05, 4.69) is 10.5 Å². The average molecular weight is 320 g/mol. The highest BCUT2D eigenvalue weighted by molar-refractivity contribution is 8.00. The molecule has 0 aliphatic carbocycles. The topological polar surface area (TPSA) is 75.4 Å². The Morgan fingerprint density at radius 2 is 2.14 bits per heavy atom. The number of amides is 1. The lowest BCUT2D eigenvalue weighted by Gasteiger charge is -2.16. The van der Waals surface area contributed by atoms with Crippen molar-refractivity contribution < 1.29 is 14.4 Å². The molecule has 1 aromatic carbocycles. The first-order chi connectivity index (χ1) is 10.6. The van der Waals surface area contributed by atoms with Gasteiger partial charge in [0.2, 0.25) is 5.91 Å². The first-order valence-electron chi connectivity index (χ1n) is 7.19. The van der Waals surface area contributed by atoms with Gasteiger partial charge in [-0.1, -0.05) is 42.4 Å². The van der Waals surface area contributed by atoms with Crippen molar-refractivity contribution in [3.05, 3.63) is 47.7 Å². The van der Waals surface area contributed by atoms with Crippen molar-refractivity contribution >= 4 is 23.5 Å². The van der Waals surface area contributed by atoms with Gasteiger partial charge in [-0.2, -0.15) is 0 Å². The maximum Gasteiger partial charge on any atom is 0.238 e. The summed E-state index contributed by atoms with van der Waals surface area (Å²) in [5.74, 6) is 1.41. The second-order valence-electron chi connectivity index (χ2n) is 4.97. The van der Waals surface area contributed by atoms with Gasteiger partial charge < -0.3 is 14.9 Å². The number of thioether (sulfide) groups is 1. The van der Waals surface area contributed by atoms with Gasteiger partial charge in [-0.15, -0.1) is 11.8 Å². The minimum atomic E-state index is -0.581. The molecule has 22 heavy (non-hydrogen) atoms. The number of benzene rings is 1. The van der Waals surface area contributed by atoms with Crippen LogP contribution in [-0.4, -0.2) is 27.2 Å². The molecule has 0 unspecified atom stereocenters. The van der Waals surface area contributed by atoms with Crippen molar-refractivity contribution in [2.75, 3.05) is 11.1 Å². The lowest BCUT2D eigenvalue weighted by Crippen LogP contribution is -2.25. The third-order valence-electron chi connectivity index (χ3n) is 3.18. The smallest absolute Gasteiger partial charge is 0.238 e. The number of nitrogens with one attached hydrogen (secondary N) is 1. The number of nitrogens with zero attached hydrogens (tertiary/aromatic N) is 1. The van der Waals surface area contributed by atoms with Crippen LogP contribution in [0, 0.1) is 6.92 Å². The standard InChI is InChI=1S/C16H20N2O3S/c1-3-14(16(20)17-15-9-11(2)21-18-15)22-10-13(19)12-7-5-4-6-8-12/h4-9,13-14,19H,3,10H2,1-2H3,(H,17,18,20)/t13-,14-/m0/s1. The van der Waals surface area contributed by atoms with Crippen molar-refractivity contribution in [3.63, 3.8) is 0 Å². The zero-order valence-electron chi connectivity index (χ0n) is 12.7. The average Bonchev–Trinajstić information content (AvgIpc) is 2.93. The summed E-state index contributed by atoms with van der Waals surface area (Å²) < 4.78 is 4.92. The Kier molecular flexibility index (Phi) is 6.03. The Bertz CT molecular complexity index is 600. The molecule has 0 aliphatic rings. The molecule has 0 saturated heterocycles. The molecule has 0 aliphatic heterocycles. The molecule has 0 bridgehead atoms. The monoisotopic (exact) mass is 320 g/mol. The third kappa shape index (κ3) is 4.61. The molecule has 2 N–H and O–H groups in total. The molecule has 2 aromatic rings. The summed E-state index contributed by atoms with van der Waals surface area (Å²) in [6.07, 6.45) is 0.0943. The molecule has 1 amide bonds. The lowest BCUT2D eigenvalue weighted by molar-refractivity contribution is -0.115. The predicted octanol–water partition coefficient (Wildman–Crippen LogP) is 3.17. The highest BCUT2D eigenvalue weighted by atomic mass is 32.2. The summed E-state index contributed by atoms with van der Waals surface area (Å²) in [4.78, 5) is 12.2. The van der Waals surface area contributed by atoms with E-state index in [1.807, 2.05) is 37.3 Å². The number of aryl methyl sites for hydroxylation is 1. The Morgan fingerprint density at radius 1 is 1.41 bits per heavy atom. The van der Waals surface area contributed by atoms with Crippen LogP contribution in [0.3, 0.4) is 0 Å². The first-order valence-corrected chi connectivity index (χ1v) is 8.23. The molecule has 0 saturated carbocycles. The van der Waals surface area contributed by atoms with Gasteiger partial charge in [-0.3, -0.25) is 4.79 Å². The normalized spacial score (nSPS) is 13.6. The van der Waals surface area contributed by atoms with E-state index in [1.165, 1.54) is 11.8 Å². The molecule has 5 nitrogen and oxygen atoms in total. The van der Waals surface area contributed by atoms with Crippen LogP contribution in [0.25, 0.3) is 0 Å². The summed E-state index contributed by atoms with van der Waals surface area (Å²) in [6, 6.07) is 11.1. The molecule has 1 aromatic heterocycles. The van der Waals surface area contributed by atoms with Gasteiger partial charge in [0, 0.05) is 11.8 Å². The van der Waals surface area contributed by atoms with Crippen LogP contribution in [0.2, 0.25) is 0 Å². The predicted molar refractivity (Wildman–Crippen MR) is 87.8 cm³/mol. The fourth-order valence-corrected chi connectivity index (χ4v) is 3.04. The van der Waals surface area contributed by atoms with Crippen LogP contribution in [0.5, 0.6) is 0 Å². The number of carbonyl (C=O) groups is 1. The second kappa shape index (κ2) is 8.00. The zero-order valence-corrected chi connectivity index (χ0v) is 13.5. The number of hydrogen-bond donors (Lipinski definition) is 2.